The molecule has 120 valence electrons. The summed E-state index contributed by atoms with van der Waals surface area (Å²) in [5.41, 5.74) is 1.14. The number of hydrogen-bond acceptors (Lipinski definition) is 3. The molecule has 2 rings (SSSR count). The molecule has 0 aliphatic rings. The Hall–Kier alpha value is -2.04. The van der Waals surface area contributed by atoms with Crippen LogP contribution in [-0.2, 0) is 4.79 Å². The monoisotopic (exact) mass is 352 g/mol. The first-order chi connectivity index (χ1) is 10.9. The van der Waals surface area contributed by atoms with Crippen molar-refractivity contribution in [3.05, 3.63) is 63.6 Å². The Morgan fingerprint density at radius 3 is 2.35 bits per heavy atom. The first kappa shape index (κ1) is 17.3. The van der Waals surface area contributed by atoms with Gasteiger partial charge in [0.1, 0.15) is 10.8 Å². The number of carbonyl (C=O) groups excluding carboxylic acids is 1. The number of aliphatic carboxylic acids is 1. The highest BCUT2D eigenvalue weighted by Gasteiger charge is 2.22. The van der Waals surface area contributed by atoms with Gasteiger partial charge in [-0.05, 0) is 11.6 Å². The molecule has 1 atom stereocenters. The number of ether oxygens (including phenoxy) is 1. The number of hydrogen-bond donors (Lipinski definition) is 1. The van der Waals surface area contributed by atoms with Gasteiger partial charge in [0.2, 0.25) is 0 Å². The molecule has 1 N–H and O–H groups in total. The molecule has 23 heavy (non-hydrogen) atoms. The van der Waals surface area contributed by atoms with Gasteiger partial charge in [-0.1, -0.05) is 66.5 Å². The lowest BCUT2D eigenvalue weighted by Gasteiger charge is -2.15. The van der Waals surface area contributed by atoms with E-state index in [4.69, 9.17) is 33.0 Å². The van der Waals surface area contributed by atoms with Gasteiger partial charge in [-0.25, -0.2) is 4.79 Å². The molecular formula is C17H14Cl2O4. The molecule has 0 aliphatic heterocycles. The van der Waals surface area contributed by atoms with Crippen LogP contribution in [0.3, 0.4) is 0 Å². The molecule has 0 bridgehead atoms. The van der Waals surface area contributed by atoms with Gasteiger partial charge in [-0.15, -0.1) is 0 Å². The van der Waals surface area contributed by atoms with Gasteiger partial charge in [0, 0.05) is 11.5 Å². The molecule has 0 radical (unpaired) electrons. The largest absolute Gasteiger partial charge is 0.480 e. The predicted molar refractivity (Wildman–Crippen MR) is 88.8 cm³/mol. The molecular weight excluding hydrogens is 339 g/mol. The molecule has 6 heteroatoms. The van der Waals surface area contributed by atoms with Gasteiger partial charge in [0.15, 0.2) is 12.4 Å². The van der Waals surface area contributed by atoms with E-state index in [9.17, 15) is 9.59 Å². The molecule has 2 aromatic carbocycles. The lowest BCUT2D eigenvalue weighted by atomic mass is 9.92. The van der Waals surface area contributed by atoms with Crippen molar-refractivity contribution in [1.82, 2.24) is 0 Å². The summed E-state index contributed by atoms with van der Waals surface area (Å²) in [6, 6.07) is 12.0. The van der Waals surface area contributed by atoms with Crippen LogP contribution in [0.15, 0.2) is 42.5 Å². The number of ketones is 1. The number of halogens is 2. The first-order valence-electron chi connectivity index (χ1n) is 6.83. The minimum atomic E-state index is -1.12. The smallest absolute Gasteiger partial charge is 0.341 e. The normalized spacial score (nSPS) is 11.8. The number of Topliss-reactive ketones (excluding diaryl/α,β-unsaturated/α-hetero) is 1. The number of benzene rings is 2. The second kappa shape index (κ2) is 7.49. The summed E-state index contributed by atoms with van der Waals surface area (Å²) in [7, 11) is 0. The van der Waals surface area contributed by atoms with Crippen molar-refractivity contribution >= 4 is 35.0 Å². The van der Waals surface area contributed by atoms with Crippen LogP contribution in [-0.4, -0.2) is 23.5 Å². The molecule has 0 amide bonds. The van der Waals surface area contributed by atoms with E-state index < -0.39 is 18.5 Å². The summed E-state index contributed by atoms with van der Waals surface area (Å²) in [4.78, 5) is 23.0. The Morgan fingerprint density at radius 2 is 1.74 bits per heavy atom. The lowest BCUT2D eigenvalue weighted by Crippen LogP contribution is -2.12. The average Bonchev–Trinajstić information content (AvgIpc) is 2.55. The topological polar surface area (TPSA) is 63.6 Å². The highest BCUT2D eigenvalue weighted by Crippen LogP contribution is 2.38. The van der Waals surface area contributed by atoms with Crippen LogP contribution in [0.4, 0.5) is 0 Å². The zero-order valence-electron chi connectivity index (χ0n) is 12.3. The average molecular weight is 353 g/mol. The van der Waals surface area contributed by atoms with Crippen molar-refractivity contribution in [1.29, 1.82) is 0 Å². The van der Waals surface area contributed by atoms with Gasteiger partial charge < -0.3 is 9.84 Å². The van der Waals surface area contributed by atoms with Crippen molar-refractivity contribution < 1.29 is 19.4 Å². The molecule has 0 saturated heterocycles. The second-order valence-electron chi connectivity index (χ2n) is 4.92. The van der Waals surface area contributed by atoms with Crippen molar-refractivity contribution in [2.24, 2.45) is 0 Å². The Labute approximate surface area is 143 Å². The van der Waals surface area contributed by atoms with Crippen LogP contribution in [0.2, 0.25) is 10.0 Å². The molecule has 0 aliphatic carbocycles. The molecule has 0 saturated carbocycles. The van der Waals surface area contributed by atoms with E-state index in [2.05, 4.69) is 0 Å². The zero-order chi connectivity index (χ0) is 17.0. The summed E-state index contributed by atoms with van der Waals surface area (Å²) in [5, 5.41) is 8.91. The van der Waals surface area contributed by atoms with Crippen molar-refractivity contribution in [3.63, 3.8) is 0 Å². The number of rotatable bonds is 6. The van der Waals surface area contributed by atoms with E-state index in [1.165, 1.54) is 6.07 Å². The third kappa shape index (κ3) is 4.03. The minimum absolute atomic E-state index is 0.0808. The van der Waals surface area contributed by atoms with Crippen LogP contribution in [0.1, 0.15) is 28.8 Å². The fourth-order valence-electron chi connectivity index (χ4n) is 2.13. The Balaban J connectivity index is 2.28. The van der Waals surface area contributed by atoms with E-state index in [0.29, 0.717) is 11.1 Å². The van der Waals surface area contributed by atoms with Crippen LogP contribution < -0.4 is 4.74 Å². The molecule has 0 aromatic heterocycles. The Bertz CT molecular complexity index is 729. The third-order valence-electron chi connectivity index (χ3n) is 3.35. The summed E-state index contributed by atoms with van der Waals surface area (Å²) < 4.78 is 5.06. The van der Waals surface area contributed by atoms with Crippen LogP contribution in [0.5, 0.6) is 5.75 Å². The Morgan fingerprint density at radius 1 is 1.09 bits per heavy atom. The molecule has 4 nitrogen and oxygen atoms in total. The number of carboxylic acids is 1. The summed E-state index contributed by atoms with van der Waals surface area (Å²) in [5.74, 6) is -1.52. The van der Waals surface area contributed by atoms with Gasteiger partial charge >= 0.3 is 5.97 Å². The number of carbonyl (C=O) groups is 2. The van der Waals surface area contributed by atoms with Crippen LogP contribution in [0.25, 0.3) is 0 Å². The van der Waals surface area contributed by atoms with E-state index >= 15 is 0 Å². The number of carboxylic acid groups (broad SMARTS) is 1. The molecule has 2 aromatic rings. The van der Waals surface area contributed by atoms with Crippen LogP contribution >= 0.6 is 23.2 Å². The SMILES string of the molecule is CC(C(=O)c1ccccc1)c1ccc(OCC(=O)O)c(Cl)c1Cl. The van der Waals surface area contributed by atoms with E-state index in [1.807, 2.05) is 6.07 Å². The van der Waals surface area contributed by atoms with E-state index in [-0.39, 0.29) is 21.6 Å². The van der Waals surface area contributed by atoms with Gasteiger partial charge in [-0.3, -0.25) is 4.79 Å². The molecule has 0 heterocycles. The standard InChI is InChI=1S/C17H14Cl2O4/c1-10(17(22)11-5-3-2-4-6-11)12-7-8-13(16(19)15(12)18)23-9-14(20)21/h2-8,10H,9H2,1H3,(H,20,21). The van der Waals surface area contributed by atoms with Crippen molar-refractivity contribution in [2.45, 2.75) is 12.8 Å². The lowest BCUT2D eigenvalue weighted by molar-refractivity contribution is -0.139. The van der Waals surface area contributed by atoms with Gasteiger partial charge in [-0.2, -0.15) is 0 Å². The maximum Gasteiger partial charge on any atom is 0.341 e. The maximum absolute atomic E-state index is 12.5. The van der Waals surface area contributed by atoms with Gasteiger partial charge in [0.25, 0.3) is 0 Å². The third-order valence-corrected chi connectivity index (χ3v) is 4.23. The van der Waals surface area contributed by atoms with E-state index in [0.717, 1.165) is 0 Å². The fourth-order valence-corrected chi connectivity index (χ4v) is 2.67. The zero-order valence-corrected chi connectivity index (χ0v) is 13.8. The maximum atomic E-state index is 12.5. The Kier molecular flexibility index (Phi) is 5.64. The van der Waals surface area contributed by atoms with Gasteiger partial charge in [0.05, 0.1) is 5.02 Å². The van der Waals surface area contributed by atoms with Crippen LogP contribution in [0, 0.1) is 0 Å². The molecule has 0 spiro atoms. The molecule has 1 unspecified atom stereocenters. The molecule has 0 fully saturated rings. The minimum Gasteiger partial charge on any atom is -0.480 e. The predicted octanol–water partition coefficient (Wildman–Crippen LogP) is 4.44. The van der Waals surface area contributed by atoms with Crippen molar-refractivity contribution in [2.75, 3.05) is 6.61 Å². The second-order valence-corrected chi connectivity index (χ2v) is 5.67. The van der Waals surface area contributed by atoms with E-state index in [1.54, 1.807) is 37.3 Å². The summed E-state index contributed by atoms with van der Waals surface area (Å²) in [6.07, 6.45) is 0. The highest BCUT2D eigenvalue weighted by atomic mass is 35.5. The van der Waals surface area contributed by atoms with Crippen molar-refractivity contribution in [3.8, 4) is 5.75 Å². The quantitative estimate of drug-likeness (QED) is 0.780. The highest BCUT2D eigenvalue weighted by molar-refractivity contribution is 6.43. The first-order valence-corrected chi connectivity index (χ1v) is 7.59. The summed E-state index contributed by atoms with van der Waals surface area (Å²) >= 11 is 12.3. The summed E-state index contributed by atoms with van der Waals surface area (Å²) in [6.45, 7) is 1.22. The fraction of sp³-hybridized carbons (Fsp3) is 0.176.